The van der Waals surface area contributed by atoms with E-state index in [1.165, 1.54) is 0 Å². The van der Waals surface area contributed by atoms with E-state index in [4.69, 9.17) is 20.2 Å². The summed E-state index contributed by atoms with van der Waals surface area (Å²) in [7, 11) is 0. The molecule has 0 saturated carbocycles. The Bertz CT molecular complexity index is 884. The zero-order valence-electron chi connectivity index (χ0n) is 14.6. The molecule has 0 amide bonds. The van der Waals surface area contributed by atoms with E-state index in [0.717, 1.165) is 40.6 Å². The topological polar surface area (TPSA) is 75.2 Å². The highest BCUT2D eigenvalue weighted by Gasteiger charge is 2.30. The average Bonchev–Trinajstić information content (AvgIpc) is 2.98. The van der Waals surface area contributed by atoms with Crippen molar-refractivity contribution in [3.8, 4) is 0 Å². The van der Waals surface area contributed by atoms with Crippen LogP contribution in [0.25, 0.3) is 21.9 Å². The highest BCUT2D eigenvalue weighted by atomic mass is 16.5. The molecule has 4 rings (SSSR count). The van der Waals surface area contributed by atoms with Crippen LogP contribution < -0.4 is 5.73 Å². The van der Waals surface area contributed by atoms with Gasteiger partial charge >= 0.3 is 0 Å². The fraction of sp³-hybridized carbons (Fsp3) is 0.474. The minimum atomic E-state index is -0.281. The second kappa shape index (κ2) is 6.71. The number of pyridine rings is 1. The van der Waals surface area contributed by atoms with Crippen LogP contribution in [0.5, 0.6) is 0 Å². The van der Waals surface area contributed by atoms with E-state index in [0.29, 0.717) is 33.0 Å². The smallest absolute Gasteiger partial charge is 0.136 e. The van der Waals surface area contributed by atoms with Gasteiger partial charge in [-0.05, 0) is 25.8 Å². The Morgan fingerprint density at radius 1 is 1.24 bits per heavy atom. The molecule has 25 heavy (non-hydrogen) atoms. The van der Waals surface area contributed by atoms with Crippen molar-refractivity contribution in [1.82, 2.24) is 14.5 Å². The Labute approximate surface area is 146 Å². The summed E-state index contributed by atoms with van der Waals surface area (Å²) >= 11 is 0. The minimum absolute atomic E-state index is 0.281. The summed E-state index contributed by atoms with van der Waals surface area (Å²) in [5, 5.41) is 1.10. The highest BCUT2D eigenvalue weighted by molar-refractivity contribution is 6.02. The van der Waals surface area contributed by atoms with Gasteiger partial charge in [0.15, 0.2) is 0 Å². The molecule has 1 aromatic carbocycles. The van der Waals surface area contributed by atoms with Crippen LogP contribution >= 0.6 is 0 Å². The molecule has 132 valence electrons. The van der Waals surface area contributed by atoms with Gasteiger partial charge in [-0.1, -0.05) is 18.2 Å². The van der Waals surface area contributed by atoms with Crippen molar-refractivity contribution in [2.45, 2.75) is 38.5 Å². The molecule has 1 aliphatic heterocycles. The fourth-order valence-electron chi connectivity index (χ4n) is 3.53. The van der Waals surface area contributed by atoms with Crippen molar-refractivity contribution < 1.29 is 9.47 Å². The number of hydrogen-bond donors (Lipinski definition) is 1. The second-order valence-corrected chi connectivity index (χ2v) is 6.74. The van der Waals surface area contributed by atoms with E-state index in [1.54, 1.807) is 0 Å². The molecule has 1 aliphatic rings. The average molecular weight is 340 g/mol. The normalized spacial score (nSPS) is 17.4. The van der Waals surface area contributed by atoms with Crippen molar-refractivity contribution >= 4 is 21.9 Å². The van der Waals surface area contributed by atoms with Crippen LogP contribution in [0.1, 0.15) is 25.6 Å². The molecule has 0 aliphatic carbocycles. The molecule has 3 heterocycles. The number of nitrogens with two attached hydrogens (primary N) is 1. The molecular formula is C19H24N4O2. The third-order valence-corrected chi connectivity index (χ3v) is 4.96. The Morgan fingerprint density at radius 2 is 2.04 bits per heavy atom. The summed E-state index contributed by atoms with van der Waals surface area (Å²) in [6.45, 7) is 5.27. The van der Waals surface area contributed by atoms with Crippen LogP contribution in [0.3, 0.4) is 0 Å². The Balaban J connectivity index is 1.86. The third-order valence-electron chi connectivity index (χ3n) is 4.96. The molecule has 3 aromatic rings. The predicted molar refractivity (Wildman–Crippen MR) is 97.3 cm³/mol. The SMILES string of the molecule is CCOCc1nc2cnc3ccccc3c2n1CC1(N)CCOCC1. The van der Waals surface area contributed by atoms with Crippen LogP contribution in [0.15, 0.2) is 30.5 Å². The number of para-hydroxylation sites is 1. The first-order chi connectivity index (χ1) is 12.2. The van der Waals surface area contributed by atoms with Gasteiger partial charge in [0.05, 0.1) is 17.2 Å². The van der Waals surface area contributed by atoms with Gasteiger partial charge in [-0.3, -0.25) is 4.98 Å². The van der Waals surface area contributed by atoms with Crippen LogP contribution in [-0.4, -0.2) is 39.9 Å². The molecule has 2 aromatic heterocycles. The van der Waals surface area contributed by atoms with Crippen molar-refractivity contribution in [3.05, 3.63) is 36.3 Å². The zero-order chi connectivity index (χ0) is 17.3. The molecule has 6 heteroatoms. The lowest BCUT2D eigenvalue weighted by atomic mass is 9.91. The van der Waals surface area contributed by atoms with Crippen LogP contribution in [0, 0.1) is 0 Å². The zero-order valence-corrected chi connectivity index (χ0v) is 14.6. The Morgan fingerprint density at radius 3 is 2.84 bits per heavy atom. The first-order valence-corrected chi connectivity index (χ1v) is 8.87. The molecule has 2 N–H and O–H groups in total. The van der Waals surface area contributed by atoms with E-state index in [-0.39, 0.29) is 5.54 Å². The number of ether oxygens (including phenoxy) is 2. The Kier molecular flexibility index (Phi) is 4.41. The maximum atomic E-state index is 6.70. The maximum Gasteiger partial charge on any atom is 0.136 e. The lowest BCUT2D eigenvalue weighted by Gasteiger charge is -2.34. The van der Waals surface area contributed by atoms with Gasteiger partial charge < -0.3 is 19.8 Å². The molecule has 1 fully saturated rings. The van der Waals surface area contributed by atoms with E-state index in [1.807, 2.05) is 31.3 Å². The molecular weight excluding hydrogens is 316 g/mol. The van der Waals surface area contributed by atoms with Gasteiger partial charge in [0, 0.05) is 37.3 Å². The number of fused-ring (bicyclic) bond motifs is 3. The van der Waals surface area contributed by atoms with Gasteiger partial charge in [0.25, 0.3) is 0 Å². The number of aromatic nitrogens is 3. The minimum Gasteiger partial charge on any atom is -0.381 e. The molecule has 1 saturated heterocycles. The summed E-state index contributed by atoms with van der Waals surface area (Å²) in [4.78, 5) is 9.33. The standard InChI is InChI=1S/C19H24N4O2/c1-2-24-12-17-22-16-11-21-15-6-4-3-5-14(15)18(16)23(17)13-19(20)7-9-25-10-8-19/h3-6,11H,2,7-10,12-13,20H2,1H3. The number of benzene rings is 1. The van der Waals surface area contributed by atoms with Crippen molar-refractivity contribution in [2.75, 3.05) is 19.8 Å². The van der Waals surface area contributed by atoms with Crippen LogP contribution in [0.4, 0.5) is 0 Å². The second-order valence-electron chi connectivity index (χ2n) is 6.74. The van der Waals surface area contributed by atoms with Gasteiger partial charge in [-0.15, -0.1) is 0 Å². The highest BCUT2D eigenvalue weighted by Crippen LogP contribution is 2.28. The molecule has 0 radical (unpaired) electrons. The van der Waals surface area contributed by atoms with E-state index < -0.39 is 0 Å². The summed E-state index contributed by atoms with van der Waals surface area (Å²) in [6.07, 6.45) is 3.55. The molecule has 0 atom stereocenters. The van der Waals surface area contributed by atoms with Gasteiger partial charge in [0.2, 0.25) is 0 Å². The van der Waals surface area contributed by atoms with Crippen molar-refractivity contribution in [1.29, 1.82) is 0 Å². The van der Waals surface area contributed by atoms with Crippen molar-refractivity contribution in [3.63, 3.8) is 0 Å². The number of nitrogens with zero attached hydrogens (tertiary/aromatic N) is 3. The molecule has 6 nitrogen and oxygen atoms in total. The lowest BCUT2D eigenvalue weighted by Crippen LogP contribution is -2.48. The number of hydrogen-bond acceptors (Lipinski definition) is 5. The number of imidazole rings is 1. The first kappa shape index (κ1) is 16.4. The summed E-state index contributed by atoms with van der Waals surface area (Å²) in [6, 6.07) is 8.17. The summed E-state index contributed by atoms with van der Waals surface area (Å²) in [5.41, 5.74) is 9.37. The summed E-state index contributed by atoms with van der Waals surface area (Å²) in [5.74, 6) is 0.909. The monoisotopic (exact) mass is 340 g/mol. The maximum absolute atomic E-state index is 6.70. The van der Waals surface area contributed by atoms with Gasteiger partial charge in [-0.2, -0.15) is 0 Å². The molecule has 0 unspecified atom stereocenters. The van der Waals surface area contributed by atoms with Crippen molar-refractivity contribution in [2.24, 2.45) is 5.73 Å². The molecule has 0 bridgehead atoms. The van der Waals surface area contributed by atoms with Gasteiger partial charge in [-0.25, -0.2) is 4.98 Å². The number of rotatable bonds is 5. The van der Waals surface area contributed by atoms with Crippen LogP contribution in [-0.2, 0) is 22.6 Å². The predicted octanol–water partition coefficient (Wildman–Crippen LogP) is 2.63. The molecule has 0 spiro atoms. The lowest BCUT2D eigenvalue weighted by molar-refractivity contribution is 0.0462. The largest absolute Gasteiger partial charge is 0.381 e. The quantitative estimate of drug-likeness (QED) is 0.773. The van der Waals surface area contributed by atoms with E-state index in [9.17, 15) is 0 Å². The van der Waals surface area contributed by atoms with Crippen LogP contribution in [0.2, 0.25) is 0 Å². The summed E-state index contributed by atoms with van der Waals surface area (Å²) < 4.78 is 13.4. The fourth-order valence-corrected chi connectivity index (χ4v) is 3.53. The van der Waals surface area contributed by atoms with E-state index in [2.05, 4.69) is 15.6 Å². The third kappa shape index (κ3) is 3.13. The first-order valence-electron chi connectivity index (χ1n) is 8.87. The Hall–Kier alpha value is -2.02. The van der Waals surface area contributed by atoms with E-state index >= 15 is 0 Å². The van der Waals surface area contributed by atoms with Gasteiger partial charge in [0.1, 0.15) is 17.9 Å².